The number of carbonyl (C=O) groups excluding carboxylic acids is 3. The third-order valence-corrected chi connectivity index (χ3v) is 4.95. The van der Waals surface area contributed by atoms with Crippen molar-refractivity contribution in [2.75, 3.05) is 0 Å². The maximum absolute atomic E-state index is 12.6. The van der Waals surface area contributed by atoms with Crippen LogP contribution < -0.4 is 11.1 Å². The fraction of sp³-hybridized carbons (Fsp3) is 0.400. The lowest BCUT2D eigenvalue weighted by molar-refractivity contribution is -0.141. The molecule has 0 fully saturated rings. The quantitative estimate of drug-likeness (QED) is 0.497. The zero-order valence-electron chi connectivity index (χ0n) is 14.1. The van der Waals surface area contributed by atoms with Gasteiger partial charge >= 0.3 is 7.60 Å². The molecule has 0 aliphatic carbocycles. The Morgan fingerprint density at radius 1 is 1.12 bits per heavy atom. The highest BCUT2D eigenvalue weighted by molar-refractivity contribution is 7.52. The molecule has 1 aromatic rings. The molecule has 0 unspecified atom stereocenters. The summed E-state index contributed by atoms with van der Waals surface area (Å²) >= 11 is 0. The average Bonchev–Trinajstić information content (AvgIpc) is 2.54. The second kappa shape index (κ2) is 8.24. The molecule has 1 rings (SSSR count). The Morgan fingerprint density at radius 3 is 2.08 bits per heavy atom. The van der Waals surface area contributed by atoms with Crippen LogP contribution in [0.15, 0.2) is 30.3 Å². The van der Waals surface area contributed by atoms with Crippen LogP contribution in [0.2, 0.25) is 0 Å². The minimum Gasteiger partial charge on any atom is -0.368 e. The summed E-state index contributed by atoms with van der Waals surface area (Å²) in [5.74, 6) is -3.85. The number of rotatable bonds is 7. The van der Waals surface area contributed by atoms with Gasteiger partial charge in [0, 0.05) is 5.56 Å². The fourth-order valence-electron chi connectivity index (χ4n) is 2.15. The fourth-order valence-corrected chi connectivity index (χ4v) is 2.79. The van der Waals surface area contributed by atoms with Gasteiger partial charge in [0.15, 0.2) is 0 Å². The Bertz CT molecular complexity index is 690. The summed E-state index contributed by atoms with van der Waals surface area (Å²) in [6.07, 6.45) is 0. The van der Waals surface area contributed by atoms with E-state index in [0.29, 0.717) is 10.5 Å². The molecule has 5 N–H and O–H groups in total. The van der Waals surface area contributed by atoms with Crippen LogP contribution in [0.3, 0.4) is 0 Å². The van der Waals surface area contributed by atoms with Crippen molar-refractivity contribution in [1.29, 1.82) is 0 Å². The third kappa shape index (κ3) is 5.38. The molecule has 0 aliphatic heterocycles. The van der Waals surface area contributed by atoms with E-state index in [2.05, 4.69) is 5.32 Å². The molecule has 0 saturated heterocycles. The minimum atomic E-state index is -4.71. The molecule has 9 nitrogen and oxygen atoms in total. The van der Waals surface area contributed by atoms with Crippen molar-refractivity contribution in [3.63, 3.8) is 0 Å². The van der Waals surface area contributed by atoms with E-state index in [0.717, 1.165) is 6.92 Å². The van der Waals surface area contributed by atoms with Crippen molar-refractivity contribution in [1.82, 2.24) is 10.2 Å². The Kier molecular flexibility index (Phi) is 6.87. The number of amides is 3. The molecule has 0 spiro atoms. The highest BCUT2D eigenvalue weighted by Gasteiger charge is 2.40. The van der Waals surface area contributed by atoms with E-state index in [1.165, 1.54) is 13.8 Å². The predicted octanol–water partition coefficient (Wildman–Crippen LogP) is 0.0310. The first kappa shape index (κ1) is 20.8. The van der Waals surface area contributed by atoms with Gasteiger partial charge in [-0.05, 0) is 32.9 Å². The largest absolute Gasteiger partial charge is 0.368 e. The second-order valence-corrected chi connectivity index (χ2v) is 7.53. The van der Waals surface area contributed by atoms with Crippen LogP contribution in [0.4, 0.5) is 0 Å². The summed E-state index contributed by atoms with van der Waals surface area (Å²) in [5.41, 5.74) is 5.49. The van der Waals surface area contributed by atoms with Gasteiger partial charge in [-0.15, -0.1) is 0 Å². The number of nitrogens with zero attached hydrogens (tertiary/aromatic N) is 1. The van der Waals surface area contributed by atoms with Crippen LogP contribution in [-0.4, -0.2) is 50.3 Å². The third-order valence-electron chi connectivity index (χ3n) is 3.73. The first-order chi connectivity index (χ1) is 11.5. The standard InChI is InChI=1S/C15H22N3O6P/c1-9(17-14(20)12-7-5-4-6-8-12)15(21)18(10(2)13(16)19)11(3)25(22,23)24/h4-11H,1-3H3,(H2,16,19)(H,17,20)(H2,22,23,24)/t9-,10-,11+/m0/s1. The van der Waals surface area contributed by atoms with E-state index in [-0.39, 0.29) is 0 Å². The zero-order chi connectivity index (χ0) is 19.4. The van der Waals surface area contributed by atoms with Gasteiger partial charge in [0.1, 0.15) is 17.9 Å². The van der Waals surface area contributed by atoms with Crippen LogP contribution in [0.25, 0.3) is 0 Å². The summed E-state index contributed by atoms with van der Waals surface area (Å²) in [4.78, 5) is 55.6. The molecule has 0 bridgehead atoms. The Labute approximate surface area is 145 Å². The van der Waals surface area contributed by atoms with Crippen LogP contribution in [0, 0.1) is 0 Å². The van der Waals surface area contributed by atoms with Gasteiger partial charge in [-0.1, -0.05) is 18.2 Å². The van der Waals surface area contributed by atoms with Crippen LogP contribution in [0.1, 0.15) is 31.1 Å². The molecule has 0 saturated carbocycles. The van der Waals surface area contributed by atoms with E-state index in [9.17, 15) is 28.7 Å². The first-order valence-electron chi connectivity index (χ1n) is 7.49. The Hall–Kier alpha value is -2.22. The molecular weight excluding hydrogens is 349 g/mol. The number of hydrogen-bond acceptors (Lipinski definition) is 4. The van der Waals surface area contributed by atoms with Crippen molar-refractivity contribution in [3.8, 4) is 0 Å². The summed E-state index contributed by atoms with van der Waals surface area (Å²) in [6, 6.07) is 5.75. The maximum Gasteiger partial charge on any atom is 0.347 e. The summed E-state index contributed by atoms with van der Waals surface area (Å²) in [6.45, 7) is 3.73. The van der Waals surface area contributed by atoms with Crippen LogP contribution in [-0.2, 0) is 14.2 Å². The highest BCUT2D eigenvalue weighted by Crippen LogP contribution is 2.43. The van der Waals surface area contributed by atoms with Gasteiger partial charge in [-0.3, -0.25) is 18.9 Å². The lowest BCUT2D eigenvalue weighted by Gasteiger charge is -2.35. The van der Waals surface area contributed by atoms with Gasteiger partial charge in [0.25, 0.3) is 5.91 Å². The molecule has 10 heteroatoms. The highest BCUT2D eigenvalue weighted by atomic mass is 31.2. The lowest BCUT2D eigenvalue weighted by Crippen LogP contribution is -2.56. The summed E-state index contributed by atoms with van der Waals surface area (Å²) < 4.78 is 11.5. The van der Waals surface area contributed by atoms with Gasteiger partial charge in [0.2, 0.25) is 11.8 Å². The number of primary amides is 1. The van der Waals surface area contributed by atoms with E-state index in [1.54, 1.807) is 30.3 Å². The van der Waals surface area contributed by atoms with E-state index in [1.807, 2.05) is 0 Å². The molecule has 1 aromatic carbocycles. The number of nitrogens with one attached hydrogen (secondary N) is 1. The van der Waals surface area contributed by atoms with Crippen molar-refractivity contribution in [2.24, 2.45) is 5.73 Å². The molecule has 25 heavy (non-hydrogen) atoms. The molecule has 0 aromatic heterocycles. The number of nitrogens with two attached hydrogens (primary N) is 1. The first-order valence-corrected chi connectivity index (χ1v) is 9.17. The molecular formula is C15H22N3O6P. The van der Waals surface area contributed by atoms with Crippen molar-refractivity contribution >= 4 is 25.3 Å². The number of carbonyl (C=O) groups is 3. The topological polar surface area (TPSA) is 150 Å². The van der Waals surface area contributed by atoms with Crippen molar-refractivity contribution in [2.45, 2.75) is 38.6 Å². The number of hydrogen-bond donors (Lipinski definition) is 4. The smallest absolute Gasteiger partial charge is 0.347 e. The molecule has 0 heterocycles. The Balaban J connectivity index is 3.02. The predicted molar refractivity (Wildman–Crippen MR) is 90.4 cm³/mol. The van der Waals surface area contributed by atoms with Crippen LogP contribution in [0.5, 0.6) is 0 Å². The SMILES string of the molecule is C[C@H](NC(=O)c1ccccc1)C(=O)N([C@@H](C)P(=O)(O)O)[C@@H](C)C(N)=O. The van der Waals surface area contributed by atoms with Crippen molar-refractivity contribution in [3.05, 3.63) is 35.9 Å². The lowest BCUT2D eigenvalue weighted by atomic mass is 10.1. The monoisotopic (exact) mass is 371 g/mol. The number of benzene rings is 1. The molecule has 3 amide bonds. The van der Waals surface area contributed by atoms with Crippen LogP contribution >= 0.6 is 7.60 Å². The van der Waals surface area contributed by atoms with E-state index < -0.39 is 43.2 Å². The zero-order valence-corrected chi connectivity index (χ0v) is 15.0. The van der Waals surface area contributed by atoms with E-state index in [4.69, 9.17) is 5.73 Å². The van der Waals surface area contributed by atoms with Gasteiger partial charge in [0.05, 0.1) is 0 Å². The normalized spacial score (nSPS) is 14.9. The van der Waals surface area contributed by atoms with Crippen molar-refractivity contribution < 1.29 is 28.7 Å². The van der Waals surface area contributed by atoms with Gasteiger partial charge < -0.3 is 25.7 Å². The van der Waals surface area contributed by atoms with Gasteiger partial charge in [-0.2, -0.15) is 0 Å². The summed E-state index contributed by atoms with van der Waals surface area (Å²) in [5, 5.41) is 2.44. The summed E-state index contributed by atoms with van der Waals surface area (Å²) in [7, 11) is -4.71. The van der Waals surface area contributed by atoms with E-state index >= 15 is 0 Å². The maximum atomic E-state index is 12.6. The minimum absolute atomic E-state index is 0.319. The second-order valence-electron chi connectivity index (χ2n) is 5.61. The molecule has 138 valence electrons. The Morgan fingerprint density at radius 2 is 1.64 bits per heavy atom. The van der Waals surface area contributed by atoms with Gasteiger partial charge in [-0.25, -0.2) is 0 Å². The molecule has 0 radical (unpaired) electrons. The molecule has 0 aliphatic rings. The average molecular weight is 371 g/mol. The molecule has 3 atom stereocenters.